The molecule has 1 saturated heterocycles. The van der Waals surface area contributed by atoms with Gasteiger partial charge >= 0.3 is 0 Å². The van der Waals surface area contributed by atoms with Gasteiger partial charge in [-0.25, -0.2) is 8.42 Å². The Labute approximate surface area is 199 Å². The van der Waals surface area contributed by atoms with E-state index in [4.69, 9.17) is 9.47 Å². The van der Waals surface area contributed by atoms with E-state index < -0.39 is 14.9 Å². The average Bonchev–Trinajstić information content (AvgIpc) is 3.56. The number of hydrogen-bond donors (Lipinski definition) is 1. The van der Waals surface area contributed by atoms with Crippen LogP contribution in [0.3, 0.4) is 0 Å². The topological polar surface area (TPSA) is 111 Å². The molecule has 10 heteroatoms. The van der Waals surface area contributed by atoms with E-state index in [-0.39, 0.29) is 16.0 Å². The third-order valence-corrected chi connectivity index (χ3v) is 9.10. The van der Waals surface area contributed by atoms with Crippen LogP contribution >= 0.6 is 0 Å². The van der Waals surface area contributed by atoms with Crippen molar-refractivity contribution in [2.75, 3.05) is 38.2 Å². The summed E-state index contributed by atoms with van der Waals surface area (Å²) in [6.45, 7) is 2.46. The molecular formula is C24H29N3O6S. The zero-order chi connectivity index (χ0) is 23.8. The lowest BCUT2D eigenvalue weighted by Crippen LogP contribution is -2.32. The van der Waals surface area contributed by atoms with Crippen molar-refractivity contribution in [3.8, 4) is 11.5 Å². The third kappa shape index (κ3) is 4.20. The lowest BCUT2D eigenvalue weighted by atomic mass is 9.78. The molecule has 0 aromatic heterocycles. The van der Waals surface area contributed by atoms with Gasteiger partial charge in [0.15, 0.2) is 11.5 Å². The minimum absolute atomic E-state index is 0.0333. The number of ether oxygens (including phenoxy) is 2. The van der Waals surface area contributed by atoms with Crippen LogP contribution < -0.4 is 14.8 Å². The molecule has 9 nitrogen and oxygen atoms in total. The first-order valence-corrected chi connectivity index (χ1v) is 13.3. The molecule has 34 heavy (non-hydrogen) atoms. The molecule has 2 heterocycles. The summed E-state index contributed by atoms with van der Waals surface area (Å²) >= 11 is 0. The summed E-state index contributed by atoms with van der Waals surface area (Å²) in [5, 5.41) is 15.1. The number of nitrogens with zero attached hydrogens (tertiary/aromatic N) is 2. The van der Waals surface area contributed by atoms with Crippen molar-refractivity contribution in [1.82, 2.24) is 4.31 Å². The van der Waals surface area contributed by atoms with Crippen LogP contribution in [0.1, 0.15) is 44.1 Å². The second kappa shape index (κ2) is 9.07. The van der Waals surface area contributed by atoms with Gasteiger partial charge in [0.2, 0.25) is 10.0 Å². The number of benzene rings is 2. The van der Waals surface area contributed by atoms with Crippen LogP contribution in [0.15, 0.2) is 41.3 Å². The van der Waals surface area contributed by atoms with Gasteiger partial charge < -0.3 is 14.8 Å². The normalized spacial score (nSPS) is 19.8. The smallest absolute Gasteiger partial charge is 0.293 e. The summed E-state index contributed by atoms with van der Waals surface area (Å²) in [5.74, 6) is 1.47. The number of nitrogens with one attached hydrogen (secondary N) is 1. The first-order valence-electron chi connectivity index (χ1n) is 11.8. The zero-order valence-corrected chi connectivity index (χ0v) is 19.8. The maximum absolute atomic E-state index is 12.9. The molecule has 3 aliphatic rings. The van der Waals surface area contributed by atoms with Gasteiger partial charge in [-0.2, -0.15) is 4.31 Å². The van der Waals surface area contributed by atoms with Crippen LogP contribution in [0, 0.1) is 10.1 Å². The van der Waals surface area contributed by atoms with E-state index in [2.05, 4.69) is 11.4 Å². The summed E-state index contributed by atoms with van der Waals surface area (Å²) in [6, 6.07) is 10.2. The van der Waals surface area contributed by atoms with E-state index in [9.17, 15) is 18.5 Å². The quantitative estimate of drug-likeness (QED) is 0.463. The van der Waals surface area contributed by atoms with Gasteiger partial charge in [-0.3, -0.25) is 10.1 Å². The highest BCUT2D eigenvalue weighted by molar-refractivity contribution is 7.89. The van der Waals surface area contributed by atoms with Gasteiger partial charge in [-0.05, 0) is 55.5 Å². The van der Waals surface area contributed by atoms with Crippen LogP contribution in [0.25, 0.3) is 0 Å². The molecule has 2 aromatic carbocycles. The van der Waals surface area contributed by atoms with Crippen molar-refractivity contribution < 1.29 is 22.8 Å². The second-order valence-corrected chi connectivity index (χ2v) is 11.2. The number of sulfonamides is 1. The van der Waals surface area contributed by atoms with E-state index in [1.54, 1.807) is 0 Å². The molecule has 0 atom stereocenters. The van der Waals surface area contributed by atoms with Crippen LogP contribution in [0.2, 0.25) is 0 Å². The highest BCUT2D eigenvalue weighted by Crippen LogP contribution is 2.44. The van der Waals surface area contributed by atoms with Gasteiger partial charge in [-0.1, -0.05) is 18.9 Å². The molecule has 2 fully saturated rings. The number of anilines is 1. The molecule has 1 N–H and O–H groups in total. The fraction of sp³-hybridized carbons (Fsp3) is 0.500. The molecule has 1 saturated carbocycles. The highest BCUT2D eigenvalue weighted by atomic mass is 32.2. The third-order valence-electron chi connectivity index (χ3n) is 7.20. The monoisotopic (exact) mass is 487 g/mol. The van der Waals surface area contributed by atoms with Crippen molar-refractivity contribution in [2.45, 2.75) is 48.8 Å². The van der Waals surface area contributed by atoms with Crippen LogP contribution in [0.5, 0.6) is 11.5 Å². The maximum atomic E-state index is 12.9. The van der Waals surface area contributed by atoms with E-state index in [1.165, 1.54) is 22.5 Å². The lowest BCUT2D eigenvalue weighted by molar-refractivity contribution is -0.384. The number of hydrogen-bond acceptors (Lipinski definition) is 7. The Morgan fingerprint density at radius 1 is 0.971 bits per heavy atom. The van der Waals surface area contributed by atoms with Gasteiger partial charge in [0.25, 0.3) is 5.69 Å². The Kier molecular flexibility index (Phi) is 6.11. The number of rotatable bonds is 7. The molecule has 0 amide bonds. The molecule has 182 valence electrons. The van der Waals surface area contributed by atoms with Gasteiger partial charge in [0, 0.05) is 31.1 Å². The fourth-order valence-electron chi connectivity index (χ4n) is 5.31. The van der Waals surface area contributed by atoms with E-state index in [0.717, 1.165) is 55.6 Å². The molecule has 0 bridgehead atoms. The zero-order valence-electron chi connectivity index (χ0n) is 19.0. The Morgan fingerprint density at radius 3 is 2.38 bits per heavy atom. The molecule has 1 aliphatic carbocycles. The van der Waals surface area contributed by atoms with Crippen molar-refractivity contribution in [3.05, 3.63) is 52.1 Å². The molecular weight excluding hydrogens is 458 g/mol. The fourth-order valence-corrected chi connectivity index (χ4v) is 6.84. The average molecular weight is 488 g/mol. The van der Waals surface area contributed by atoms with Gasteiger partial charge in [-0.15, -0.1) is 0 Å². The van der Waals surface area contributed by atoms with Crippen molar-refractivity contribution in [3.63, 3.8) is 0 Å². The summed E-state index contributed by atoms with van der Waals surface area (Å²) in [7, 11) is -3.73. The SMILES string of the molecule is O=[N+]([O-])c1cc(S(=O)(=O)N2CCCC2)ccc1NCC1(c2ccc3c(c2)OCCO3)CCCC1. The number of fused-ring (bicyclic) bond motifs is 1. The molecule has 0 radical (unpaired) electrons. The van der Waals surface area contributed by atoms with Crippen molar-refractivity contribution in [2.24, 2.45) is 0 Å². The molecule has 2 aliphatic heterocycles. The summed E-state index contributed by atoms with van der Waals surface area (Å²) in [6.07, 6.45) is 5.67. The summed E-state index contributed by atoms with van der Waals surface area (Å²) in [5.41, 5.74) is 1.03. The minimum Gasteiger partial charge on any atom is -0.486 e. The summed E-state index contributed by atoms with van der Waals surface area (Å²) < 4.78 is 38.6. The summed E-state index contributed by atoms with van der Waals surface area (Å²) in [4.78, 5) is 11.3. The van der Waals surface area contributed by atoms with E-state index >= 15 is 0 Å². The number of nitro groups is 1. The van der Waals surface area contributed by atoms with Gasteiger partial charge in [0.05, 0.1) is 9.82 Å². The van der Waals surface area contributed by atoms with Crippen LogP contribution in [-0.4, -0.2) is 50.5 Å². The first kappa shape index (κ1) is 22.9. The Morgan fingerprint density at radius 2 is 1.68 bits per heavy atom. The van der Waals surface area contributed by atoms with Gasteiger partial charge in [0.1, 0.15) is 18.9 Å². The molecule has 5 rings (SSSR count). The predicted octanol–water partition coefficient (Wildman–Crippen LogP) is 4.07. The van der Waals surface area contributed by atoms with Crippen molar-refractivity contribution in [1.29, 1.82) is 0 Å². The Balaban J connectivity index is 1.41. The Hall–Kier alpha value is -2.85. The second-order valence-electron chi connectivity index (χ2n) is 9.25. The Bertz CT molecular complexity index is 1190. The molecule has 2 aromatic rings. The molecule has 0 spiro atoms. The minimum atomic E-state index is -3.73. The van der Waals surface area contributed by atoms with E-state index in [0.29, 0.717) is 38.5 Å². The van der Waals surface area contributed by atoms with Crippen LogP contribution in [-0.2, 0) is 15.4 Å². The number of nitro benzene ring substituents is 1. The predicted molar refractivity (Wildman–Crippen MR) is 127 cm³/mol. The largest absolute Gasteiger partial charge is 0.486 e. The lowest BCUT2D eigenvalue weighted by Gasteiger charge is -2.31. The van der Waals surface area contributed by atoms with E-state index in [1.807, 2.05) is 12.1 Å². The van der Waals surface area contributed by atoms with Crippen molar-refractivity contribution >= 4 is 21.4 Å². The standard InChI is InChI=1S/C24H29N3O6S/c28-27(29)21-16-19(34(30,31)26-11-3-4-12-26)6-7-20(21)25-17-24(9-1-2-10-24)18-5-8-22-23(15-18)33-14-13-32-22/h5-8,15-16,25H,1-4,9-14,17H2. The first-order chi connectivity index (χ1) is 16.4. The highest BCUT2D eigenvalue weighted by Gasteiger charge is 2.37. The van der Waals surface area contributed by atoms with Crippen LogP contribution in [0.4, 0.5) is 11.4 Å². The maximum Gasteiger partial charge on any atom is 0.293 e. The molecule has 0 unspecified atom stereocenters.